The highest BCUT2D eigenvalue weighted by Crippen LogP contribution is 2.20. The van der Waals surface area contributed by atoms with Crippen molar-refractivity contribution >= 4 is 17.7 Å². The highest BCUT2D eigenvalue weighted by atomic mass is 32.2. The third-order valence-corrected chi connectivity index (χ3v) is 3.52. The lowest BCUT2D eigenvalue weighted by molar-refractivity contribution is -0.143. The topological polar surface area (TPSA) is 47.6 Å². The van der Waals surface area contributed by atoms with Gasteiger partial charge < -0.3 is 14.8 Å². The molecule has 1 rings (SSSR count). The van der Waals surface area contributed by atoms with Crippen molar-refractivity contribution in [3.8, 4) is 0 Å². The van der Waals surface area contributed by atoms with Crippen LogP contribution in [0, 0.1) is 0 Å². The van der Waals surface area contributed by atoms with Crippen LogP contribution in [0.2, 0.25) is 0 Å². The Morgan fingerprint density at radius 3 is 2.87 bits per heavy atom. The van der Waals surface area contributed by atoms with E-state index in [2.05, 4.69) is 5.32 Å². The monoisotopic (exact) mass is 233 g/mol. The maximum Gasteiger partial charge on any atom is 0.322 e. The second kappa shape index (κ2) is 7.09. The third kappa shape index (κ3) is 4.40. The zero-order valence-corrected chi connectivity index (χ0v) is 10.1. The lowest BCUT2D eigenvalue weighted by Crippen LogP contribution is -2.38. The average molecular weight is 233 g/mol. The largest absolute Gasteiger partial charge is 0.468 e. The smallest absolute Gasteiger partial charge is 0.322 e. The minimum atomic E-state index is -0.165. The molecule has 0 spiro atoms. The fourth-order valence-corrected chi connectivity index (χ4v) is 2.44. The number of carbonyl (C=O) groups is 1. The zero-order valence-electron chi connectivity index (χ0n) is 9.32. The van der Waals surface area contributed by atoms with Crippen LogP contribution in [-0.2, 0) is 14.3 Å². The molecule has 88 valence electrons. The molecule has 0 amide bonds. The number of rotatable bonds is 7. The fourth-order valence-electron chi connectivity index (χ4n) is 1.35. The second-order valence-electron chi connectivity index (χ2n) is 3.45. The zero-order chi connectivity index (χ0) is 11.1. The molecule has 4 nitrogen and oxygen atoms in total. The molecule has 15 heavy (non-hydrogen) atoms. The first-order valence-corrected chi connectivity index (χ1v) is 6.33. The molecule has 0 aromatic rings. The summed E-state index contributed by atoms with van der Waals surface area (Å²) in [6.07, 6.45) is 0.821. The lowest BCUT2D eigenvalue weighted by Gasteiger charge is -2.25. The summed E-state index contributed by atoms with van der Waals surface area (Å²) in [5, 5.41) is 3.75. The Hall–Kier alpha value is -0.260. The highest BCUT2D eigenvalue weighted by Gasteiger charge is 2.21. The summed E-state index contributed by atoms with van der Waals surface area (Å²) in [6.45, 7) is 4.49. The molecular formula is C10H19NO3S. The van der Waals surface area contributed by atoms with Crippen LogP contribution in [0.4, 0.5) is 0 Å². The summed E-state index contributed by atoms with van der Waals surface area (Å²) in [6, 6.07) is -0.159. The molecule has 0 aliphatic carbocycles. The van der Waals surface area contributed by atoms with Crippen LogP contribution in [-0.4, -0.2) is 49.9 Å². The van der Waals surface area contributed by atoms with Crippen LogP contribution in [0.3, 0.4) is 0 Å². The van der Waals surface area contributed by atoms with Gasteiger partial charge in [-0.1, -0.05) is 6.92 Å². The number of carbonyl (C=O) groups excluding carboxylic acids is 1. The molecule has 0 aromatic carbocycles. The van der Waals surface area contributed by atoms with Gasteiger partial charge in [0.1, 0.15) is 6.04 Å². The molecule has 1 unspecified atom stereocenters. The van der Waals surface area contributed by atoms with Gasteiger partial charge in [0.25, 0.3) is 0 Å². The number of hydrogen-bond acceptors (Lipinski definition) is 5. The van der Waals surface area contributed by atoms with Crippen molar-refractivity contribution in [3.05, 3.63) is 0 Å². The van der Waals surface area contributed by atoms with Crippen molar-refractivity contribution < 1.29 is 14.3 Å². The van der Waals surface area contributed by atoms with E-state index < -0.39 is 0 Å². The third-order valence-electron chi connectivity index (χ3n) is 2.30. The molecular weight excluding hydrogens is 214 g/mol. The standard InChI is InChI=1S/C10H19NO3S/c1-3-11-9(10(12)13-2)4-5-15-8-6-14-7-8/h8-9,11H,3-7H2,1-2H3. The number of nitrogens with one attached hydrogen (secondary N) is 1. The number of likely N-dealkylation sites (N-methyl/N-ethyl adjacent to an activating group) is 1. The van der Waals surface area contributed by atoms with Crippen molar-refractivity contribution in [3.63, 3.8) is 0 Å². The predicted octanol–water partition coefficient (Wildman–Crippen LogP) is 0.660. The molecule has 1 aliphatic rings. The van der Waals surface area contributed by atoms with Gasteiger partial charge in [-0.15, -0.1) is 0 Å². The summed E-state index contributed by atoms with van der Waals surface area (Å²) in [7, 11) is 1.43. The van der Waals surface area contributed by atoms with Crippen LogP contribution >= 0.6 is 11.8 Å². The first-order chi connectivity index (χ1) is 7.27. The Bertz CT molecular complexity index is 197. The van der Waals surface area contributed by atoms with Crippen LogP contribution in [0.15, 0.2) is 0 Å². The van der Waals surface area contributed by atoms with E-state index in [4.69, 9.17) is 9.47 Å². The van der Waals surface area contributed by atoms with Gasteiger partial charge >= 0.3 is 5.97 Å². The number of esters is 1. The molecule has 1 aliphatic heterocycles. The minimum absolute atomic E-state index is 0.159. The first kappa shape index (κ1) is 12.8. The van der Waals surface area contributed by atoms with Gasteiger partial charge in [0.2, 0.25) is 0 Å². The van der Waals surface area contributed by atoms with E-state index in [0.29, 0.717) is 5.25 Å². The van der Waals surface area contributed by atoms with E-state index in [9.17, 15) is 4.79 Å². The Kier molecular flexibility index (Phi) is 6.05. The van der Waals surface area contributed by atoms with Crippen molar-refractivity contribution in [2.45, 2.75) is 24.6 Å². The second-order valence-corrected chi connectivity index (χ2v) is 4.86. The van der Waals surface area contributed by atoms with Crippen molar-refractivity contribution in [1.29, 1.82) is 0 Å². The van der Waals surface area contributed by atoms with E-state index in [0.717, 1.165) is 31.9 Å². The SMILES string of the molecule is CCNC(CCSC1COC1)C(=O)OC. The molecule has 1 atom stereocenters. The van der Waals surface area contributed by atoms with Gasteiger partial charge in [0.05, 0.1) is 25.6 Å². The number of methoxy groups -OCH3 is 1. The van der Waals surface area contributed by atoms with Gasteiger partial charge in [-0.05, 0) is 18.7 Å². The Morgan fingerprint density at radius 1 is 1.67 bits per heavy atom. The van der Waals surface area contributed by atoms with E-state index in [1.54, 1.807) is 0 Å². The Balaban J connectivity index is 2.14. The molecule has 0 radical (unpaired) electrons. The fraction of sp³-hybridized carbons (Fsp3) is 0.900. The quantitative estimate of drug-likeness (QED) is 0.655. The predicted molar refractivity (Wildman–Crippen MR) is 61.2 cm³/mol. The van der Waals surface area contributed by atoms with Gasteiger partial charge in [0.15, 0.2) is 0 Å². The van der Waals surface area contributed by atoms with Gasteiger partial charge in [-0.25, -0.2) is 0 Å². The lowest BCUT2D eigenvalue weighted by atomic mass is 10.2. The molecule has 5 heteroatoms. The molecule has 1 fully saturated rings. The Labute approximate surface area is 95.1 Å². The number of hydrogen-bond donors (Lipinski definition) is 1. The molecule has 0 saturated carbocycles. The van der Waals surface area contributed by atoms with Crippen LogP contribution in [0.5, 0.6) is 0 Å². The van der Waals surface area contributed by atoms with Crippen LogP contribution in [0.1, 0.15) is 13.3 Å². The Morgan fingerprint density at radius 2 is 2.40 bits per heavy atom. The molecule has 0 bridgehead atoms. The molecule has 1 heterocycles. The summed E-state index contributed by atoms with van der Waals surface area (Å²) >= 11 is 1.87. The molecule has 1 N–H and O–H groups in total. The van der Waals surface area contributed by atoms with Crippen molar-refractivity contribution in [1.82, 2.24) is 5.32 Å². The number of ether oxygens (including phenoxy) is 2. The van der Waals surface area contributed by atoms with Gasteiger partial charge in [-0.2, -0.15) is 11.8 Å². The summed E-state index contributed by atoms with van der Waals surface area (Å²) < 4.78 is 9.81. The minimum Gasteiger partial charge on any atom is -0.468 e. The van der Waals surface area contributed by atoms with E-state index >= 15 is 0 Å². The van der Waals surface area contributed by atoms with Crippen molar-refractivity contribution in [2.24, 2.45) is 0 Å². The highest BCUT2D eigenvalue weighted by molar-refractivity contribution is 8.00. The summed E-state index contributed by atoms with van der Waals surface area (Å²) in [5.41, 5.74) is 0. The van der Waals surface area contributed by atoms with Crippen LogP contribution < -0.4 is 5.32 Å². The van der Waals surface area contributed by atoms with Crippen LogP contribution in [0.25, 0.3) is 0 Å². The maximum atomic E-state index is 11.3. The maximum absolute atomic E-state index is 11.3. The van der Waals surface area contributed by atoms with E-state index in [1.165, 1.54) is 7.11 Å². The van der Waals surface area contributed by atoms with Gasteiger partial charge in [0, 0.05) is 0 Å². The van der Waals surface area contributed by atoms with Crippen molar-refractivity contribution in [2.75, 3.05) is 32.6 Å². The first-order valence-electron chi connectivity index (χ1n) is 5.28. The number of thioether (sulfide) groups is 1. The normalized spacial score (nSPS) is 18.3. The van der Waals surface area contributed by atoms with E-state index in [-0.39, 0.29) is 12.0 Å². The summed E-state index contributed by atoms with van der Waals surface area (Å²) in [4.78, 5) is 11.3. The molecule has 0 aromatic heterocycles. The van der Waals surface area contributed by atoms with E-state index in [1.807, 2.05) is 18.7 Å². The average Bonchev–Trinajstić information content (AvgIpc) is 2.19. The molecule has 1 saturated heterocycles. The van der Waals surface area contributed by atoms with Gasteiger partial charge in [-0.3, -0.25) is 4.79 Å². The summed E-state index contributed by atoms with van der Waals surface area (Å²) in [5.74, 6) is 0.808.